The summed E-state index contributed by atoms with van der Waals surface area (Å²) in [6.07, 6.45) is 3.22. The third-order valence-corrected chi connectivity index (χ3v) is 11.6. The number of carbonyl (C=O) groups excluding carboxylic acids is 3. The van der Waals surface area contributed by atoms with Gasteiger partial charge in [-0.3, -0.25) is 9.59 Å². The molecule has 29 heavy (non-hydrogen) atoms. The molecule has 2 aliphatic heterocycles. The molecule has 160 valence electrons. The standard InChI is InChI=1S/C22H33NO5Si/c1-8-12-27-21(26)19-17-14(10-9-11-15(17)24)18-16(20(25)23(18)19)13(2)28-29(6,7)22(3,4)5/h8,13-14,16,18H,1,9-12H2,2-7H3. The molecule has 3 rings (SSSR count). The molecule has 7 heteroatoms. The smallest absolute Gasteiger partial charge is 0.355 e. The van der Waals surface area contributed by atoms with Gasteiger partial charge in [-0.1, -0.05) is 33.4 Å². The van der Waals surface area contributed by atoms with Crippen LogP contribution in [0.5, 0.6) is 0 Å². The number of β-lactam (4-membered cyclic amide) rings is 1. The fraction of sp³-hybridized carbons (Fsp3) is 0.682. The van der Waals surface area contributed by atoms with Crippen LogP contribution in [0.1, 0.15) is 47.0 Å². The maximum atomic E-state index is 13.1. The molecular weight excluding hydrogens is 386 g/mol. The number of hydrogen-bond donors (Lipinski definition) is 0. The van der Waals surface area contributed by atoms with Gasteiger partial charge in [0.1, 0.15) is 12.3 Å². The fourth-order valence-electron chi connectivity index (χ4n) is 4.57. The summed E-state index contributed by atoms with van der Waals surface area (Å²) in [6.45, 7) is 16.4. The highest BCUT2D eigenvalue weighted by molar-refractivity contribution is 6.74. The van der Waals surface area contributed by atoms with Gasteiger partial charge in [0.2, 0.25) is 5.91 Å². The van der Waals surface area contributed by atoms with Crippen molar-refractivity contribution in [2.24, 2.45) is 11.8 Å². The second-order valence-electron chi connectivity index (χ2n) is 9.88. The lowest BCUT2D eigenvalue weighted by atomic mass is 9.72. The van der Waals surface area contributed by atoms with Gasteiger partial charge in [-0.2, -0.15) is 0 Å². The van der Waals surface area contributed by atoms with Crippen LogP contribution >= 0.6 is 0 Å². The van der Waals surface area contributed by atoms with Gasteiger partial charge < -0.3 is 14.1 Å². The van der Waals surface area contributed by atoms with Crippen LogP contribution in [-0.2, 0) is 23.5 Å². The first-order valence-electron chi connectivity index (χ1n) is 10.5. The zero-order valence-corrected chi connectivity index (χ0v) is 19.4. The van der Waals surface area contributed by atoms with Crippen molar-refractivity contribution < 1.29 is 23.5 Å². The maximum absolute atomic E-state index is 13.1. The summed E-state index contributed by atoms with van der Waals surface area (Å²) in [5.41, 5.74) is 0.651. The molecule has 0 spiro atoms. The van der Waals surface area contributed by atoms with E-state index in [0.717, 1.165) is 12.8 Å². The summed E-state index contributed by atoms with van der Waals surface area (Å²) >= 11 is 0. The number of amides is 1. The molecule has 4 unspecified atom stereocenters. The lowest BCUT2D eigenvalue weighted by Gasteiger charge is -2.50. The van der Waals surface area contributed by atoms with Crippen LogP contribution in [0.25, 0.3) is 0 Å². The van der Waals surface area contributed by atoms with E-state index >= 15 is 0 Å². The Morgan fingerprint density at radius 2 is 2.00 bits per heavy atom. The van der Waals surface area contributed by atoms with E-state index < -0.39 is 14.3 Å². The Morgan fingerprint density at radius 1 is 1.34 bits per heavy atom. The van der Waals surface area contributed by atoms with E-state index in [1.54, 1.807) is 0 Å². The maximum Gasteiger partial charge on any atom is 0.355 e. The molecule has 1 amide bonds. The van der Waals surface area contributed by atoms with Gasteiger partial charge in [0, 0.05) is 17.9 Å². The van der Waals surface area contributed by atoms with Crippen LogP contribution in [0, 0.1) is 11.8 Å². The molecule has 3 aliphatic rings. The molecule has 1 aliphatic carbocycles. The summed E-state index contributed by atoms with van der Waals surface area (Å²) in [4.78, 5) is 40.0. The van der Waals surface area contributed by atoms with Gasteiger partial charge in [-0.15, -0.1) is 0 Å². The highest BCUT2D eigenvalue weighted by Gasteiger charge is 2.63. The molecule has 0 aromatic rings. The predicted octanol–water partition coefficient (Wildman–Crippen LogP) is 3.59. The molecule has 1 saturated carbocycles. The topological polar surface area (TPSA) is 72.9 Å². The molecule has 0 radical (unpaired) electrons. The average molecular weight is 420 g/mol. The molecule has 2 heterocycles. The quantitative estimate of drug-likeness (QED) is 0.285. The molecular formula is C22H33NO5Si. The van der Waals surface area contributed by atoms with Gasteiger partial charge in [0.25, 0.3) is 0 Å². The Kier molecular flexibility index (Phi) is 5.68. The number of nitrogens with zero attached hydrogens (tertiary/aromatic N) is 1. The number of rotatable bonds is 6. The van der Waals surface area contributed by atoms with Crippen molar-refractivity contribution in [3.8, 4) is 0 Å². The molecule has 2 fully saturated rings. The molecule has 0 bridgehead atoms. The lowest BCUT2D eigenvalue weighted by Crippen LogP contribution is -2.65. The van der Waals surface area contributed by atoms with Gasteiger partial charge in [0.05, 0.1) is 18.1 Å². The second-order valence-corrected chi connectivity index (χ2v) is 14.6. The molecule has 0 aromatic heterocycles. The van der Waals surface area contributed by atoms with Crippen LogP contribution in [0.4, 0.5) is 0 Å². The number of carbonyl (C=O) groups is 3. The predicted molar refractivity (Wildman–Crippen MR) is 112 cm³/mol. The minimum Gasteiger partial charge on any atom is -0.457 e. The summed E-state index contributed by atoms with van der Waals surface area (Å²) in [7, 11) is -2.05. The van der Waals surface area contributed by atoms with E-state index in [2.05, 4.69) is 40.4 Å². The van der Waals surface area contributed by atoms with Crippen molar-refractivity contribution in [1.82, 2.24) is 4.90 Å². The minimum atomic E-state index is -2.05. The first-order valence-corrected chi connectivity index (χ1v) is 13.4. The first-order chi connectivity index (χ1) is 13.4. The molecule has 1 saturated heterocycles. The van der Waals surface area contributed by atoms with E-state index in [9.17, 15) is 14.4 Å². The Labute approximate surface area is 174 Å². The van der Waals surface area contributed by atoms with E-state index in [4.69, 9.17) is 9.16 Å². The Hall–Kier alpha value is -1.73. The van der Waals surface area contributed by atoms with Crippen LogP contribution in [0.15, 0.2) is 23.9 Å². The Morgan fingerprint density at radius 3 is 2.59 bits per heavy atom. The Balaban J connectivity index is 1.89. The van der Waals surface area contributed by atoms with Crippen molar-refractivity contribution >= 4 is 26.0 Å². The summed E-state index contributed by atoms with van der Waals surface area (Å²) < 4.78 is 11.7. The fourth-order valence-corrected chi connectivity index (χ4v) is 6.00. The van der Waals surface area contributed by atoms with Crippen molar-refractivity contribution in [3.05, 3.63) is 23.9 Å². The van der Waals surface area contributed by atoms with E-state index in [0.29, 0.717) is 12.0 Å². The normalized spacial score (nSPS) is 27.9. The Bertz CT molecular complexity index is 779. The van der Waals surface area contributed by atoms with Crippen molar-refractivity contribution in [3.63, 3.8) is 0 Å². The lowest BCUT2D eigenvalue weighted by molar-refractivity contribution is -0.163. The van der Waals surface area contributed by atoms with Crippen molar-refractivity contribution in [2.75, 3.05) is 6.61 Å². The highest BCUT2D eigenvalue weighted by atomic mass is 28.4. The van der Waals surface area contributed by atoms with Gasteiger partial charge in [0.15, 0.2) is 14.1 Å². The third kappa shape index (κ3) is 3.52. The summed E-state index contributed by atoms with van der Waals surface area (Å²) in [6, 6.07) is -0.187. The van der Waals surface area contributed by atoms with Crippen LogP contribution in [0.2, 0.25) is 18.1 Å². The number of fused-ring (bicyclic) bond motifs is 3. The molecule has 0 N–H and O–H groups in total. The second kappa shape index (κ2) is 7.51. The number of ether oxygens (including phenoxy) is 1. The van der Waals surface area contributed by atoms with Crippen LogP contribution < -0.4 is 0 Å². The number of hydrogen-bond acceptors (Lipinski definition) is 5. The number of esters is 1. The third-order valence-electron chi connectivity index (χ3n) is 7.01. The van der Waals surface area contributed by atoms with E-state index in [1.165, 1.54) is 11.0 Å². The molecule has 6 nitrogen and oxygen atoms in total. The zero-order valence-electron chi connectivity index (χ0n) is 18.4. The van der Waals surface area contributed by atoms with Gasteiger partial charge >= 0.3 is 5.97 Å². The van der Waals surface area contributed by atoms with Gasteiger partial charge in [-0.25, -0.2) is 4.79 Å². The van der Waals surface area contributed by atoms with Crippen molar-refractivity contribution in [2.45, 2.75) is 77.2 Å². The van der Waals surface area contributed by atoms with Crippen LogP contribution in [-0.4, -0.2) is 49.6 Å². The summed E-state index contributed by atoms with van der Waals surface area (Å²) in [5.74, 6) is -1.21. The minimum absolute atomic E-state index is 0.0350. The SMILES string of the molecule is C=CCOC(=O)C1=C2C(=O)CCCC2C2C(C(C)O[Si](C)(C)C(C)(C)C)C(=O)N12. The average Bonchev–Trinajstić information content (AvgIpc) is 2.90. The van der Waals surface area contributed by atoms with E-state index in [-0.39, 0.29) is 53.0 Å². The molecule has 0 aromatic carbocycles. The number of Topliss-reactive ketones (excluding diaryl/α,β-unsaturated/α-hetero) is 1. The van der Waals surface area contributed by atoms with E-state index in [1.807, 2.05) is 6.92 Å². The van der Waals surface area contributed by atoms with Gasteiger partial charge in [-0.05, 0) is 37.9 Å². The molecule has 4 atom stereocenters. The summed E-state index contributed by atoms with van der Waals surface area (Å²) in [5, 5.41) is 0.0350. The number of ketones is 1. The monoisotopic (exact) mass is 419 g/mol. The largest absolute Gasteiger partial charge is 0.457 e. The highest BCUT2D eigenvalue weighted by Crippen LogP contribution is 2.52. The first kappa shape index (κ1) is 22.0. The zero-order chi connectivity index (χ0) is 21.7. The van der Waals surface area contributed by atoms with Crippen LogP contribution in [0.3, 0.4) is 0 Å². The van der Waals surface area contributed by atoms with Crippen molar-refractivity contribution in [1.29, 1.82) is 0 Å².